The van der Waals surface area contributed by atoms with Crippen LogP contribution in [0.5, 0.6) is 0 Å². The molecule has 0 aliphatic rings. The fourth-order valence-corrected chi connectivity index (χ4v) is 7.83. The van der Waals surface area contributed by atoms with E-state index in [2.05, 4.69) is 4.98 Å². The standard InChI is InChI=1S/C36H37N3O4S2/c1-2-3-23-39(36(41)34-37-31-21-13-14-22-33(31)44-34)35(40)32(27-45(42,43)26-30-19-11-6-12-20-30)38(24-28-15-7-4-8-16-28)25-29-17-9-5-10-18-29/h4-22,32H,2-3,23-27H2,1H3/t32-/m0/s1. The normalized spacial score (nSPS) is 12.3. The van der Waals surface area contributed by atoms with Crippen LogP contribution in [0, 0.1) is 0 Å². The Kier molecular flexibility index (Phi) is 10.9. The lowest BCUT2D eigenvalue weighted by Crippen LogP contribution is -2.53. The summed E-state index contributed by atoms with van der Waals surface area (Å²) in [5, 5.41) is 0.212. The van der Waals surface area contributed by atoms with Gasteiger partial charge in [-0.2, -0.15) is 0 Å². The molecule has 0 radical (unpaired) electrons. The van der Waals surface area contributed by atoms with Crippen molar-refractivity contribution < 1.29 is 18.0 Å². The number of amides is 2. The summed E-state index contributed by atoms with van der Waals surface area (Å²) in [6.07, 6.45) is 1.34. The summed E-state index contributed by atoms with van der Waals surface area (Å²) in [5.41, 5.74) is 3.20. The first-order valence-corrected chi connectivity index (χ1v) is 17.7. The Bertz CT molecular complexity index is 1740. The maximum atomic E-state index is 14.7. The second-order valence-corrected chi connectivity index (χ2v) is 14.2. The number of thiazole rings is 1. The van der Waals surface area contributed by atoms with Crippen LogP contribution in [0.3, 0.4) is 0 Å². The minimum atomic E-state index is -3.79. The lowest BCUT2D eigenvalue weighted by Gasteiger charge is -2.34. The van der Waals surface area contributed by atoms with E-state index in [-0.39, 0.29) is 17.3 Å². The van der Waals surface area contributed by atoms with Crippen molar-refractivity contribution in [3.8, 4) is 0 Å². The van der Waals surface area contributed by atoms with E-state index < -0.39 is 33.4 Å². The molecule has 0 saturated carbocycles. The number of fused-ring (bicyclic) bond motifs is 1. The molecule has 5 aromatic rings. The van der Waals surface area contributed by atoms with Crippen LogP contribution in [-0.4, -0.2) is 53.4 Å². The molecule has 9 heteroatoms. The monoisotopic (exact) mass is 639 g/mol. The number of aromatic nitrogens is 1. The van der Waals surface area contributed by atoms with Gasteiger partial charge < -0.3 is 0 Å². The van der Waals surface area contributed by atoms with Gasteiger partial charge in [0.25, 0.3) is 5.91 Å². The van der Waals surface area contributed by atoms with E-state index in [4.69, 9.17) is 0 Å². The van der Waals surface area contributed by atoms with Crippen LogP contribution >= 0.6 is 11.3 Å². The van der Waals surface area contributed by atoms with Crippen LogP contribution in [-0.2, 0) is 33.5 Å². The molecule has 5 rings (SSSR count). The highest BCUT2D eigenvalue weighted by molar-refractivity contribution is 7.90. The Labute approximate surface area is 269 Å². The molecule has 0 fully saturated rings. The fraction of sp³-hybridized carbons (Fsp3) is 0.250. The second-order valence-electron chi connectivity index (χ2n) is 11.1. The van der Waals surface area contributed by atoms with E-state index in [1.165, 1.54) is 16.2 Å². The first-order chi connectivity index (χ1) is 21.8. The number of imide groups is 1. The van der Waals surface area contributed by atoms with Crippen molar-refractivity contribution in [2.75, 3.05) is 12.3 Å². The molecule has 0 aliphatic carbocycles. The quantitative estimate of drug-likeness (QED) is 0.134. The van der Waals surface area contributed by atoms with E-state index in [0.717, 1.165) is 22.2 Å². The lowest BCUT2D eigenvalue weighted by molar-refractivity contribution is -0.134. The third-order valence-corrected chi connectivity index (χ3v) is 10.2. The van der Waals surface area contributed by atoms with Crippen LogP contribution in [0.2, 0.25) is 0 Å². The maximum Gasteiger partial charge on any atom is 0.289 e. The number of hydrogen-bond donors (Lipinski definition) is 0. The molecule has 0 aliphatic heterocycles. The molecule has 1 aromatic heterocycles. The van der Waals surface area contributed by atoms with Crippen LogP contribution in [0.4, 0.5) is 0 Å². The fourth-order valence-electron chi connectivity index (χ4n) is 5.26. The van der Waals surface area contributed by atoms with Gasteiger partial charge in [0, 0.05) is 19.6 Å². The van der Waals surface area contributed by atoms with E-state index in [1.54, 1.807) is 24.3 Å². The number of nitrogens with zero attached hydrogens (tertiary/aromatic N) is 3. The van der Waals surface area contributed by atoms with E-state index in [0.29, 0.717) is 30.6 Å². The minimum Gasteiger partial charge on any atom is -0.282 e. The first kappa shape index (κ1) is 32.2. The van der Waals surface area contributed by atoms with Gasteiger partial charge in [0.2, 0.25) is 5.91 Å². The average molecular weight is 640 g/mol. The van der Waals surface area contributed by atoms with Gasteiger partial charge in [-0.05, 0) is 35.2 Å². The van der Waals surface area contributed by atoms with Gasteiger partial charge in [-0.3, -0.25) is 19.4 Å². The van der Waals surface area contributed by atoms with Crippen molar-refractivity contribution in [1.29, 1.82) is 0 Å². The maximum absolute atomic E-state index is 14.7. The van der Waals surface area contributed by atoms with Crippen molar-refractivity contribution in [3.05, 3.63) is 137 Å². The molecule has 7 nitrogen and oxygen atoms in total. The zero-order valence-corrected chi connectivity index (χ0v) is 26.9. The summed E-state index contributed by atoms with van der Waals surface area (Å²) < 4.78 is 28.5. The number of para-hydroxylation sites is 1. The third-order valence-electron chi connectivity index (χ3n) is 7.55. The molecule has 45 heavy (non-hydrogen) atoms. The molecule has 0 saturated heterocycles. The Balaban J connectivity index is 1.55. The van der Waals surface area contributed by atoms with Crippen LogP contribution in [0.1, 0.15) is 46.3 Å². The molecular formula is C36H37N3O4S2. The molecule has 0 N–H and O–H groups in total. The van der Waals surface area contributed by atoms with E-state index in [9.17, 15) is 18.0 Å². The third kappa shape index (κ3) is 8.72. The molecule has 232 valence electrons. The van der Waals surface area contributed by atoms with Gasteiger partial charge in [-0.25, -0.2) is 13.4 Å². The Morgan fingerprint density at radius 2 is 1.29 bits per heavy atom. The van der Waals surface area contributed by atoms with Crippen molar-refractivity contribution in [1.82, 2.24) is 14.8 Å². The molecule has 4 aromatic carbocycles. The number of sulfone groups is 1. The molecule has 0 unspecified atom stereocenters. The van der Waals surface area contributed by atoms with Crippen molar-refractivity contribution in [2.45, 2.75) is 44.6 Å². The van der Waals surface area contributed by atoms with Gasteiger partial charge in [0.05, 0.1) is 21.7 Å². The highest BCUT2D eigenvalue weighted by Gasteiger charge is 2.37. The van der Waals surface area contributed by atoms with Gasteiger partial charge in [-0.15, -0.1) is 11.3 Å². The van der Waals surface area contributed by atoms with E-state index in [1.807, 2.05) is 103 Å². The Morgan fingerprint density at radius 1 is 0.756 bits per heavy atom. The molecule has 0 spiro atoms. The summed E-state index contributed by atoms with van der Waals surface area (Å²) in [7, 11) is -3.79. The molecule has 1 heterocycles. The van der Waals surface area contributed by atoms with Gasteiger partial charge >= 0.3 is 0 Å². The summed E-state index contributed by atoms with van der Waals surface area (Å²) in [6.45, 7) is 2.81. The molecular weight excluding hydrogens is 603 g/mol. The predicted molar refractivity (Wildman–Crippen MR) is 180 cm³/mol. The largest absolute Gasteiger partial charge is 0.289 e. The van der Waals surface area contributed by atoms with Crippen LogP contribution in [0.25, 0.3) is 10.2 Å². The first-order valence-electron chi connectivity index (χ1n) is 15.1. The van der Waals surface area contributed by atoms with Crippen molar-refractivity contribution >= 4 is 43.2 Å². The number of unbranched alkanes of at least 4 members (excludes halogenated alkanes) is 1. The number of hydrogen-bond acceptors (Lipinski definition) is 7. The zero-order chi connectivity index (χ0) is 31.6. The van der Waals surface area contributed by atoms with Crippen molar-refractivity contribution in [3.63, 3.8) is 0 Å². The summed E-state index contributed by atoms with van der Waals surface area (Å²) in [4.78, 5) is 36.4. The average Bonchev–Trinajstić information content (AvgIpc) is 3.49. The Hall–Kier alpha value is -4.18. The van der Waals surface area contributed by atoms with Crippen LogP contribution < -0.4 is 0 Å². The zero-order valence-electron chi connectivity index (χ0n) is 25.3. The molecule has 1 atom stereocenters. The smallest absolute Gasteiger partial charge is 0.282 e. The SMILES string of the molecule is CCCCN(C(=O)c1nc2ccccc2s1)C(=O)[C@H](CS(=O)(=O)Cc1ccccc1)N(Cc1ccccc1)Cc1ccccc1. The highest BCUT2D eigenvalue weighted by Crippen LogP contribution is 2.25. The van der Waals surface area contributed by atoms with Gasteiger partial charge in [0.1, 0.15) is 6.04 Å². The van der Waals surface area contributed by atoms with Gasteiger partial charge in [-0.1, -0.05) is 116 Å². The summed E-state index contributed by atoms with van der Waals surface area (Å²) in [5.74, 6) is -1.67. The lowest BCUT2D eigenvalue weighted by atomic mass is 10.1. The molecule has 0 bridgehead atoms. The minimum absolute atomic E-state index is 0.170. The molecule has 2 amide bonds. The number of benzene rings is 4. The number of rotatable bonds is 14. The number of carbonyl (C=O) groups is 2. The summed E-state index contributed by atoms with van der Waals surface area (Å²) in [6, 6.07) is 34.7. The highest BCUT2D eigenvalue weighted by atomic mass is 32.2. The summed E-state index contributed by atoms with van der Waals surface area (Å²) >= 11 is 1.24. The van der Waals surface area contributed by atoms with Gasteiger partial charge in [0.15, 0.2) is 14.8 Å². The Morgan fingerprint density at radius 3 is 1.84 bits per heavy atom. The predicted octanol–water partition coefficient (Wildman–Crippen LogP) is 6.75. The van der Waals surface area contributed by atoms with Crippen LogP contribution in [0.15, 0.2) is 115 Å². The topological polar surface area (TPSA) is 87.6 Å². The second kappa shape index (κ2) is 15.2. The van der Waals surface area contributed by atoms with Crippen molar-refractivity contribution in [2.24, 2.45) is 0 Å². The van der Waals surface area contributed by atoms with E-state index >= 15 is 0 Å². The number of carbonyl (C=O) groups excluding carboxylic acids is 2.